The van der Waals surface area contributed by atoms with E-state index >= 15 is 0 Å². The van der Waals surface area contributed by atoms with Gasteiger partial charge in [0.25, 0.3) is 0 Å². The van der Waals surface area contributed by atoms with Gasteiger partial charge in [0.05, 0.1) is 0 Å². The molecule has 14 heavy (non-hydrogen) atoms. The molecular weight excluding hydrogens is 186 g/mol. The third-order valence-electron chi connectivity index (χ3n) is 2.06. The van der Waals surface area contributed by atoms with Crippen molar-refractivity contribution in [3.63, 3.8) is 0 Å². The highest BCUT2D eigenvalue weighted by Gasteiger charge is 2.28. The number of hydrogen-bond donors (Lipinski definition) is 2. The van der Waals surface area contributed by atoms with Gasteiger partial charge in [-0.3, -0.25) is 4.79 Å². The molecule has 1 rings (SSSR count). The van der Waals surface area contributed by atoms with E-state index in [0.717, 1.165) is 0 Å². The molecule has 0 bridgehead atoms. The molecule has 6 nitrogen and oxygen atoms in total. The van der Waals surface area contributed by atoms with Crippen LogP contribution in [-0.4, -0.2) is 24.6 Å². The molecule has 0 spiro atoms. The van der Waals surface area contributed by atoms with E-state index in [0.29, 0.717) is 13.0 Å². The van der Waals surface area contributed by atoms with Crippen LogP contribution < -0.4 is 11.1 Å². The number of primary amides is 1. The number of nitrogens with one attached hydrogen (secondary N) is 1. The fraction of sp³-hybridized carbons (Fsp3) is 0.625. The van der Waals surface area contributed by atoms with Crippen LogP contribution in [0.4, 0.5) is 4.79 Å². The minimum atomic E-state index is -0.991. The summed E-state index contributed by atoms with van der Waals surface area (Å²) in [6.45, 7) is 0.609. The summed E-state index contributed by atoms with van der Waals surface area (Å²) < 4.78 is 4.51. The molecule has 1 fully saturated rings. The van der Waals surface area contributed by atoms with E-state index in [1.54, 1.807) is 6.07 Å². The lowest BCUT2D eigenvalue weighted by Gasteiger charge is -2.11. The number of nitrogens with zero attached hydrogens (tertiary/aromatic N) is 1. The zero-order valence-electron chi connectivity index (χ0n) is 7.53. The fourth-order valence-corrected chi connectivity index (χ4v) is 1.40. The second-order valence-corrected chi connectivity index (χ2v) is 3.07. The lowest BCUT2D eigenvalue weighted by Crippen LogP contribution is -2.27. The number of amides is 2. The molecule has 1 unspecified atom stereocenters. The number of carbonyl (C=O) groups is 2. The van der Waals surface area contributed by atoms with Crippen molar-refractivity contribution in [3.8, 4) is 6.07 Å². The Bertz CT molecular complexity index is 284. The van der Waals surface area contributed by atoms with E-state index < -0.39 is 12.2 Å². The maximum absolute atomic E-state index is 11.1. The molecule has 1 saturated heterocycles. The number of nitriles is 1. The van der Waals surface area contributed by atoms with E-state index in [2.05, 4.69) is 10.1 Å². The van der Waals surface area contributed by atoms with Gasteiger partial charge in [-0.25, -0.2) is 4.79 Å². The summed E-state index contributed by atoms with van der Waals surface area (Å²) in [5, 5.41) is 11.2. The second-order valence-electron chi connectivity index (χ2n) is 3.07. The first kappa shape index (κ1) is 10.3. The van der Waals surface area contributed by atoms with E-state index in [9.17, 15) is 9.59 Å². The summed E-state index contributed by atoms with van der Waals surface area (Å²) in [6, 6.07) is 1.78. The van der Waals surface area contributed by atoms with E-state index in [1.807, 2.05) is 0 Å². The Kier molecular flexibility index (Phi) is 3.29. The SMILES string of the molecule is N#CC(C[C@@H]1CCNC1=O)OC(N)=O. The van der Waals surface area contributed by atoms with Crippen molar-refractivity contribution in [3.05, 3.63) is 0 Å². The molecule has 2 atom stereocenters. The molecule has 0 aromatic rings. The van der Waals surface area contributed by atoms with Gasteiger partial charge in [0.15, 0.2) is 6.10 Å². The first-order chi connectivity index (χ1) is 6.63. The van der Waals surface area contributed by atoms with Crippen LogP contribution in [0.2, 0.25) is 0 Å². The van der Waals surface area contributed by atoms with Crippen LogP contribution in [0.3, 0.4) is 0 Å². The molecule has 0 aliphatic carbocycles. The number of ether oxygens (including phenoxy) is 1. The molecule has 3 N–H and O–H groups in total. The highest BCUT2D eigenvalue weighted by molar-refractivity contribution is 5.80. The Hall–Kier alpha value is -1.77. The van der Waals surface area contributed by atoms with Crippen molar-refractivity contribution in [2.45, 2.75) is 18.9 Å². The van der Waals surface area contributed by atoms with Crippen LogP contribution in [0.1, 0.15) is 12.8 Å². The molecule has 2 amide bonds. The predicted molar refractivity (Wildman–Crippen MR) is 45.8 cm³/mol. The van der Waals surface area contributed by atoms with E-state index in [1.165, 1.54) is 0 Å². The fourth-order valence-electron chi connectivity index (χ4n) is 1.40. The molecule has 76 valence electrons. The van der Waals surface area contributed by atoms with Gasteiger partial charge in [-0.15, -0.1) is 0 Å². The molecule has 1 heterocycles. The zero-order valence-corrected chi connectivity index (χ0v) is 7.53. The largest absolute Gasteiger partial charge is 0.431 e. The standard InChI is InChI=1S/C8H11N3O3/c9-4-6(14-8(10)13)3-5-1-2-11-7(5)12/h5-6H,1-3H2,(H2,10,13)(H,11,12)/t5-,6?/m0/s1. The normalized spacial score (nSPS) is 22.2. The van der Waals surface area contributed by atoms with Crippen molar-refractivity contribution in [1.29, 1.82) is 5.26 Å². The summed E-state index contributed by atoms with van der Waals surface area (Å²) >= 11 is 0. The minimum absolute atomic E-state index is 0.0988. The summed E-state index contributed by atoms with van der Waals surface area (Å²) in [7, 11) is 0. The summed E-state index contributed by atoms with van der Waals surface area (Å²) in [6.07, 6.45) is -1.04. The van der Waals surface area contributed by atoms with E-state index in [-0.39, 0.29) is 18.2 Å². The van der Waals surface area contributed by atoms with Crippen molar-refractivity contribution >= 4 is 12.0 Å². The number of carbonyl (C=O) groups excluding carboxylic acids is 2. The average Bonchev–Trinajstić information content (AvgIpc) is 2.50. The topological polar surface area (TPSA) is 105 Å². The van der Waals surface area contributed by atoms with Crippen molar-refractivity contribution < 1.29 is 14.3 Å². The van der Waals surface area contributed by atoms with Crippen LogP contribution in [0.15, 0.2) is 0 Å². The second kappa shape index (κ2) is 4.46. The Morgan fingerprint density at radius 1 is 1.86 bits per heavy atom. The van der Waals surface area contributed by atoms with Crippen LogP contribution in [0, 0.1) is 17.2 Å². The van der Waals surface area contributed by atoms with Crippen molar-refractivity contribution in [1.82, 2.24) is 5.32 Å². The van der Waals surface area contributed by atoms with Gasteiger partial charge in [-0.1, -0.05) is 0 Å². The van der Waals surface area contributed by atoms with Gasteiger partial charge in [-0.05, 0) is 6.42 Å². The average molecular weight is 197 g/mol. The first-order valence-corrected chi connectivity index (χ1v) is 4.27. The van der Waals surface area contributed by atoms with E-state index in [4.69, 9.17) is 11.0 Å². The maximum Gasteiger partial charge on any atom is 0.405 e. The molecule has 0 aromatic carbocycles. The zero-order chi connectivity index (χ0) is 10.6. The summed E-state index contributed by atoms with van der Waals surface area (Å²) in [5.41, 5.74) is 4.77. The number of rotatable bonds is 3. The Morgan fingerprint density at radius 2 is 2.57 bits per heavy atom. The molecule has 0 radical (unpaired) electrons. The molecule has 1 aliphatic heterocycles. The molecule has 1 aliphatic rings. The van der Waals surface area contributed by atoms with Gasteiger partial charge < -0.3 is 15.8 Å². The van der Waals surface area contributed by atoms with Gasteiger partial charge in [0, 0.05) is 18.9 Å². The lowest BCUT2D eigenvalue weighted by molar-refractivity contribution is -0.123. The predicted octanol–water partition coefficient (Wildman–Crippen LogP) is -0.500. The Balaban J connectivity index is 2.44. The van der Waals surface area contributed by atoms with Crippen LogP contribution in [-0.2, 0) is 9.53 Å². The summed E-state index contributed by atoms with van der Waals surface area (Å²) in [4.78, 5) is 21.5. The highest BCUT2D eigenvalue weighted by atomic mass is 16.6. The third kappa shape index (κ3) is 2.62. The first-order valence-electron chi connectivity index (χ1n) is 4.27. The van der Waals surface area contributed by atoms with Gasteiger partial charge >= 0.3 is 6.09 Å². The van der Waals surface area contributed by atoms with Crippen LogP contribution in [0.5, 0.6) is 0 Å². The molecule has 0 saturated carbocycles. The lowest BCUT2D eigenvalue weighted by atomic mass is 10.0. The van der Waals surface area contributed by atoms with Crippen LogP contribution >= 0.6 is 0 Å². The molecular formula is C8H11N3O3. The van der Waals surface area contributed by atoms with Gasteiger partial charge in [0.1, 0.15) is 6.07 Å². The highest BCUT2D eigenvalue weighted by Crippen LogP contribution is 2.17. The number of hydrogen-bond acceptors (Lipinski definition) is 4. The summed E-state index contributed by atoms with van der Waals surface area (Å²) in [5.74, 6) is -0.350. The Morgan fingerprint density at radius 3 is 3.00 bits per heavy atom. The monoisotopic (exact) mass is 197 g/mol. The minimum Gasteiger partial charge on any atom is -0.431 e. The van der Waals surface area contributed by atoms with Crippen LogP contribution in [0.25, 0.3) is 0 Å². The quantitative estimate of drug-likeness (QED) is 0.636. The van der Waals surface area contributed by atoms with Gasteiger partial charge in [0.2, 0.25) is 5.91 Å². The third-order valence-corrected chi connectivity index (χ3v) is 2.06. The van der Waals surface area contributed by atoms with Crippen molar-refractivity contribution in [2.24, 2.45) is 11.7 Å². The molecule has 0 aromatic heterocycles. The van der Waals surface area contributed by atoms with Gasteiger partial charge in [-0.2, -0.15) is 5.26 Å². The smallest absolute Gasteiger partial charge is 0.405 e. The molecule has 6 heteroatoms. The maximum atomic E-state index is 11.1. The van der Waals surface area contributed by atoms with Crippen molar-refractivity contribution in [2.75, 3.05) is 6.54 Å². The Labute approximate surface area is 81.0 Å². The number of nitrogens with two attached hydrogens (primary N) is 1.